The van der Waals surface area contributed by atoms with E-state index in [2.05, 4.69) is 38.5 Å². The Bertz CT molecular complexity index is 193. The molecular formula is C15H32N2. The van der Waals surface area contributed by atoms with E-state index in [9.17, 15) is 0 Å². The topological polar surface area (TPSA) is 24.1 Å². The van der Waals surface area contributed by atoms with Gasteiger partial charge in [-0.25, -0.2) is 0 Å². The van der Waals surface area contributed by atoms with Gasteiger partial charge in [-0.2, -0.15) is 0 Å². The first kappa shape index (κ1) is 15.0. The average Bonchev–Trinajstić information content (AvgIpc) is 2.75. The van der Waals surface area contributed by atoms with E-state index in [-0.39, 0.29) is 0 Å². The second kappa shape index (κ2) is 8.10. The minimum Gasteiger partial charge on any atom is -0.317 e. The zero-order valence-corrected chi connectivity index (χ0v) is 12.3. The Morgan fingerprint density at radius 2 is 2.00 bits per heavy atom. The minimum absolute atomic E-state index is 0.661. The predicted molar refractivity (Wildman–Crippen MR) is 76.4 cm³/mol. The number of nitrogens with one attached hydrogen (secondary N) is 2. The van der Waals surface area contributed by atoms with Crippen molar-refractivity contribution in [2.24, 2.45) is 5.92 Å². The molecule has 17 heavy (non-hydrogen) atoms. The van der Waals surface area contributed by atoms with Crippen LogP contribution in [0.1, 0.15) is 65.7 Å². The third-order valence-electron chi connectivity index (χ3n) is 4.39. The predicted octanol–water partition coefficient (Wildman–Crippen LogP) is 3.32. The monoisotopic (exact) mass is 240 g/mol. The summed E-state index contributed by atoms with van der Waals surface area (Å²) in [5, 5.41) is 7.30. The van der Waals surface area contributed by atoms with Crippen molar-refractivity contribution in [2.75, 3.05) is 7.05 Å². The summed E-state index contributed by atoms with van der Waals surface area (Å²) < 4.78 is 0. The average molecular weight is 240 g/mol. The minimum atomic E-state index is 0.661. The van der Waals surface area contributed by atoms with Crippen LogP contribution >= 0.6 is 0 Å². The van der Waals surface area contributed by atoms with Crippen molar-refractivity contribution >= 4 is 0 Å². The van der Waals surface area contributed by atoms with Crippen molar-refractivity contribution < 1.29 is 0 Å². The molecule has 0 aromatic carbocycles. The summed E-state index contributed by atoms with van der Waals surface area (Å²) in [5.41, 5.74) is 0. The molecule has 1 aliphatic rings. The van der Waals surface area contributed by atoms with E-state index in [4.69, 9.17) is 0 Å². The molecular weight excluding hydrogens is 208 g/mol. The zero-order chi connectivity index (χ0) is 12.7. The zero-order valence-electron chi connectivity index (χ0n) is 12.3. The Morgan fingerprint density at radius 3 is 2.59 bits per heavy atom. The second-order valence-electron chi connectivity index (χ2n) is 5.78. The molecule has 1 rings (SSSR count). The van der Waals surface area contributed by atoms with Gasteiger partial charge in [0.15, 0.2) is 0 Å². The first-order valence-corrected chi connectivity index (χ1v) is 7.64. The lowest BCUT2D eigenvalue weighted by atomic mass is 9.94. The standard InChI is InChI=1S/C15H32N2/c1-5-8-14(6-2)17-15-10-7-9-13(15)11-12(3)16-4/h12-17H,5-11H2,1-4H3. The van der Waals surface area contributed by atoms with Crippen LogP contribution in [0.25, 0.3) is 0 Å². The van der Waals surface area contributed by atoms with Crippen LogP contribution in [0.15, 0.2) is 0 Å². The lowest BCUT2D eigenvalue weighted by molar-refractivity contribution is 0.305. The molecule has 1 aliphatic carbocycles. The van der Waals surface area contributed by atoms with E-state index < -0.39 is 0 Å². The number of hydrogen-bond donors (Lipinski definition) is 2. The normalized spacial score (nSPS) is 28.2. The summed E-state index contributed by atoms with van der Waals surface area (Å²) in [6.07, 6.45) is 9.47. The van der Waals surface area contributed by atoms with E-state index in [1.807, 2.05) is 0 Å². The summed E-state index contributed by atoms with van der Waals surface area (Å²) in [7, 11) is 2.08. The molecule has 0 saturated heterocycles. The second-order valence-corrected chi connectivity index (χ2v) is 5.78. The summed E-state index contributed by atoms with van der Waals surface area (Å²) in [6, 6.07) is 2.19. The van der Waals surface area contributed by atoms with E-state index in [0.29, 0.717) is 6.04 Å². The van der Waals surface area contributed by atoms with Gasteiger partial charge in [-0.15, -0.1) is 0 Å². The van der Waals surface area contributed by atoms with E-state index >= 15 is 0 Å². The molecule has 1 saturated carbocycles. The van der Waals surface area contributed by atoms with Crippen molar-refractivity contribution in [3.05, 3.63) is 0 Å². The molecule has 4 atom stereocenters. The SMILES string of the molecule is CCCC(CC)NC1CCCC1CC(C)NC. The molecule has 102 valence electrons. The molecule has 0 spiro atoms. The first-order valence-electron chi connectivity index (χ1n) is 7.64. The fraction of sp³-hybridized carbons (Fsp3) is 1.00. The van der Waals surface area contributed by atoms with Crippen LogP contribution in [-0.4, -0.2) is 25.2 Å². The van der Waals surface area contributed by atoms with Gasteiger partial charge in [0.1, 0.15) is 0 Å². The molecule has 0 aliphatic heterocycles. The van der Waals surface area contributed by atoms with Gasteiger partial charge in [-0.3, -0.25) is 0 Å². The highest BCUT2D eigenvalue weighted by Gasteiger charge is 2.29. The lowest BCUT2D eigenvalue weighted by Crippen LogP contribution is -2.41. The fourth-order valence-corrected chi connectivity index (χ4v) is 3.17. The van der Waals surface area contributed by atoms with Crippen molar-refractivity contribution in [2.45, 2.75) is 83.8 Å². The molecule has 0 amide bonds. The summed E-state index contributed by atoms with van der Waals surface area (Å²) in [6.45, 7) is 6.91. The van der Waals surface area contributed by atoms with Gasteiger partial charge in [0.25, 0.3) is 0 Å². The highest BCUT2D eigenvalue weighted by Crippen LogP contribution is 2.30. The molecule has 0 aromatic rings. The van der Waals surface area contributed by atoms with Gasteiger partial charge in [-0.05, 0) is 52.0 Å². The molecule has 2 nitrogen and oxygen atoms in total. The van der Waals surface area contributed by atoms with Crippen molar-refractivity contribution in [1.82, 2.24) is 10.6 Å². The van der Waals surface area contributed by atoms with Gasteiger partial charge in [0, 0.05) is 18.1 Å². The van der Waals surface area contributed by atoms with Crippen molar-refractivity contribution in [1.29, 1.82) is 0 Å². The Balaban J connectivity index is 2.39. The van der Waals surface area contributed by atoms with Gasteiger partial charge < -0.3 is 10.6 Å². The summed E-state index contributed by atoms with van der Waals surface area (Å²) in [5.74, 6) is 0.892. The lowest BCUT2D eigenvalue weighted by Gasteiger charge is -2.28. The number of hydrogen-bond acceptors (Lipinski definition) is 2. The number of rotatable bonds is 8. The third kappa shape index (κ3) is 4.97. The summed E-state index contributed by atoms with van der Waals surface area (Å²) in [4.78, 5) is 0. The van der Waals surface area contributed by atoms with Gasteiger partial charge >= 0.3 is 0 Å². The van der Waals surface area contributed by atoms with Crippen LogP contribution in [-0.2, 0) is 0 Å². The van der Waals surface area contributed by atoms with E-state index in [1.54, 1.807) is 0 Å². The molecule has 0 heterocycles. The third-order valence-corrected chi connectivity index (χ3v) is 4.39. The smallest absolute Gasteiger partial charge is 0.00984 e. The first-order chi connectivity index (χ1) is 8.21. The van der Waals surface area contributed by atoms with Crippen LogP contribution < -0.4 is 10.6 Å². The maximum absolute atomic E-state index is 3.92. The van der Waals surface area contributed by atoms with Gasteiger partial charge in [0.2, 0.25) is 0 Å². The molecule has 0 bridgehead atoms. The Kier molecular flexibility index (Phi) is 7.14. The van der Waals surface area contributed by atoms with Gasteiger partial charge in [0.05, 0.1) is 0 Å². The Labute approximate surface area is 108 Å². The van der Waals surface area contributed by atoms with Crippen molar-refractivity contribution in [3.63, 3.8) is 0 Å². The maximum Gasteiger partial charge on any atom is 0.00984 e. The Morgan fingerprint density at radius 1 is 1.24 bits per heavy atom. The van der Waals surface area contributed by atoms with Crippen LogP contribution in [0, 0.1) is 5.92 Å². The van der Waals surface area contributed by atoms with Crippen LogP contribution in [0.2, 0.25) is 0 Å². The molecule has 4 unspecified atom stereocenters. The Hall–Kier alpha value is -0.0800. The molecule has 2 heteroatoms. The molecule has 0 radical (unpaired) electrons. The van der Waals surface area contributed by atoms with Crippen molar-refractivity contribution in [3.8, 4) is 0 Å². The highest BCUT2D eigenvalue weighted by molar-refractivity contribution is 4.87. The fourth-order valence-electron chi connectivity index (χ4n) is 3.17. The quantitative estimate of drug-likeness (QED) is 0.680. The van der Waals surface area contributed by atoms with Crippen LogP contribution in [0.5, 0.6) is 0 Å². The maximum atomic E-state index is 3.92. The molecule has 2 N–H and O–H groups in total. The van der Waals surface area contributed by atoms with Gasteiger partial charge in [-0.1, -0.05) is 26.7 Å². The van der Waals surface area contributed by atoms with Crippen LogP contribution in [0.3, 0.4) is 0 Å². The molecule has 1 fully saturated rings. The van der Waals surface area contributed by atoms with E-state index in [1.165, 1.54) is 44.9 Å². The highest BCUT2D eigenvalue weighted by atomic mass is 15.0. The van der Waals surface area contributed by atoms with Crippen LogP contribution in [0.4, 0.5) is 0 Å². The van der Waals surface area contributed by atoms with E-state index in [0.717, 1.165) is 18.0 Å². The largest absolute Gasteiger partial charge is 0.317 e. The summed E-state index contributed by atoms with van der Waals surface area (Å²) >= 11 is 0. The molecule has 0 aromatic heterocycles.